The van der Waals surface area contributed by atoms with Gasteiger partial charge in [-0.3, -0.25) is 4.79 Å². The lowest BCUT2D eigenvalue weighted by molar-refractivity contribution is -0.133. The molecule has 0 fully saturated rings. The number of hydrogen-bond donors (Lipinski definition) is 1. The summed E-state index contributed by atoms with van der Waals surface area (Å²) in [6, 6.07) is 11.3. The zero-order valence-electron chi connectivity index (χ0n) is 13.3. The van der Waals surface area contributed by atoms with Crippen LogP contribution in [0.3, 0.4) is 0 Å². The van der Waals surface area contributed by atoms with Gasteiger partial charge in [0.2, 0.25) is 10.0 Å². The lowest BCUT2D eigenvalue weighted by Crippen LogP contribution is -2.32. The molecule has 0 aliphatic heterocycles. The Morgan fingerprint density at radius 1 is 1.08 bits per heavy atom. The van der Waals surface area contributed by atoms with Crippen molar-refractivity contribution < 1.29 is 22.3 Å². The number of esters is 1. The minimum absolute atomic E-state index is 0.127. The lowest BCUT2D eigenvalue weighted by atomic mass is 10.0. The Morgan fingerprint density at radius 2 is 1.67 bits per heavy atom. The van der Waals surface area contributed by atoms with Gasteiger partial charge >= 0.3 is 5.97 Å². The highest BCUT2D eigenvalue weighted by Crippen LogP contribution is 2.18. The summed E-state index contributed by atoms with van der Waals surface area (Å²) >= 11 is 0. The van der Waals surface area contributed by atoms with Crippen LogP contribution in [0.4, 0.5) is 4.39 Å². The summed E-state index contributed by atoms with van der Waals surface area (Å²) in [5.74, 6) is -0.584. The molecule has 24 heavy (non-hydrogen) atoms. The van der Waals surface area contributed by atoms with E-state index in [1.807, 2.05) is 26.0 Å². The first-order chi connectivity index (χ1) is 11.3. The van der Waals surface area contributed by atoms with Crippen LogP contribution in [0.5, 0.6) is 5.75 Å². The van der Waals surface area contributed by atoms with Gasteiger partial charge in [-0.1, -0.05) is 26.0 Å². The largest absolute Gasteiger partial charge is 0.426 e. The molecule has 0 heterocycles. The smallest absolute Gasteiger partial charge is 0.326 e. The molecule has 5 nitrogen and oxygen atoms in total. The van der Waals surface area contributed by atoms with Crippen LogP contribution < -0.4 is 9.46 Å². The summed E-state index contributed by atoms with van der Waals surface area (Å²) in [4.78, 5) is 11.6. The molecule has 128 valence electrons. The third kappa shape index (κ3) is 4.87. The van der Waals surface area contributed by atoms with E-state index >= 15 is 0 Å². The summed E-state index contributed by atoms with van der Waals surface area (Å²) in [7, 11) is -3.90. The molecule has 0 saturated carbocycles. The van der Waals surface area contributed by atoms with Gasteiger partial charge in [0.05, 0.1) is 4.90 Å². The van der Waals surface area contributed by atoms with E-state index in [-0.39, 0.29) is 4.90 Å². The molecule has 0 saturated heterocycles. The van der Waals surface area contributed by atoms with Crippen molar-refractivity contribution in [3.05, 3.63) is 59.9 Å². The second-order valence-corrected chi connectivity index (χ2v) is 7.24. The maximum Gasteiger partial charge on any atom is 0.326 e. The van der Waals surface area contributed by atoms with Gasteiger partial charge < -0.3 is 4.74 Å². The van der Waals surface area contributed by atoms with Gasteiger partial charge in [0.15, 0.2) is 0 Å². The number of benzene rings is 2. The number of rotatable bonds is 6. The first-order valence-corrected chi connectivity index (χ1v) is 8.82. The molecule has 1 N–H and O–H groups in total. The second-order valence-electron chi connectivity index (χ2n) is 5.48. The second kappa shape index (κ2) is 7.55. The van der Waals surface area contributed by atoms with Crippen LogP contribution in [0.2, 0.25) is 0 Å². The zero-order chi connectivity index (χ0) is 17.7. The number of halogens is 1. The Morgan fingerprint density at radius 3 is 2.21 bits per heavy atom. The molecular weight excluding hydrogens is 333 g/mol. The lowest BCUT2D eigenvalue weighted by Gasteiger charge is -2.09. The third-order valence-corrected chi connectivity index (χ3v) is 4.73. The predicted molar refractivity (Wildman–Crippen MR) is 87.8 cm³/mol. The molecule has 0 unspecified atom stereocenters. The Kier molecular flexibility index (Phi) is 5.69. The number of carbonyl (C=O) groups excluding carboxylic acids is 1. The van der Waals surface area contributed by atoms with Crippen molar-refractivity contribution in [2.45, 2.75) is 24.7 Å². The minimum Gasteiger partial charge on any atom is -0.426 e. The highest BCUT2D eigenvalue weighted by molar-refractivity contribution is 7.89. The van der Waals surface area contributed by atoms with Crippen LogP contribution in [0.1, 0.15) is 25.3 Å². The maximum absolute atomic E-state index is 12.8. The first kappa shape index (κ1) is 18.1. The van der Waals surface area contributed by atoms with Crippen LogP contribution in [0.25, 0.3) is 0 Å². The molecule has 0 aromatic heterocycles. The number of ether oxygens (including phenoxy) is 1. The fourth-order valence-corrected chi connectivity index (χ4v) is 2.91. The molecule has 0 bridgehead atoms. The van der Waals surface area contributed by atoms with Crippen molar-refractivity contribution in [3.63, 3.8) is 0 Å². The van der Waals surface area contributed by atoms with E-state index in [4.69, 9.17) is 4.74 Å². The number of hydrogen-bond acceptors (Lipinski definition) is 4. The first-order valence-electron chi connectivity index (χ1n) is 7.34. The van der Waals surface area contributed by atoms with Crippen molar-refractivity contribution in [1.82, 2.24) is 4.72 Å². The fraction of sp³-hybridized carbons (Fsp3) is 0.235. The van der Waals surface area contributed by atoms with Crippen LogP contribution >= 0.6 is 0 Å². The van der Waals surface area contributed by atoms with Gasteiger partial charge in [-0.15, -0.1) is 0 Å². The summed E-state index contributed by atoms with van der Waals surface area (Å²) in [6.07, 6.45) is 0. The molecule has 2 rings (SSSR count). The fourth-order valence-electron chi connectivity index (χ4n) is 1.94. The van der Waals surface area contributed by atoms with E-state index < -0.39 is 28.4 Å². The SMILES string of the molecule is CC(C)c1ccc(OC(=O)CNS(=O)(=O)c2ccc(F)cc2)cc1. The van der Waals surface area contributed by atoms with E-state index in [1.165, 1.54) is 0 Å². The molecule has 7 heteroatoms. The highest BCUT2D eigenvalue weighted by atomic mass is 32.2. The van der Waals surface area contributed by atoms with Gasteiger partial charge in [-0.2, -0.15) is 4.72 Å². The van der Waals surface area contributed by atoms with Gasteiger partial charge in [-0.05, 0) is 47.9 Å². The number of carbonyl (C=O) groups is 1. The summed E-state index contributed by atoms with van der Waals surface area (Å²) in [5.41, 5.74) is 1.10. The summed E-state index contributed by atoms with van der Waals surface area (Å²) < 4.78 is 44.0. The van der Waals surface area contributed by atoms with E-state index in [9.17, 15) is 17.6 Å². The summed E-state index contributed by atoms with van der Waals surface area (Å²) in [6.45, 7) is 3.57. The van der Waals surface area contributed by atoms with Crippen LogP contribution in [0, 0.1) is 5.82 Å². The van der Waals surface area contributed by atoms with E-state index in [2.05, 4.69) is 4.72 Å². The molecular formula is C17H18FNO4S. The Balaban J connectivity index is 1.93. The highest BCUT2D eigenvalue weighted by Gasteiger charge is 2.16. The molecule has 0 aliphatic carbocycles. The number of sulfonamides is 1. The minimum atomic E-state index is -3.90. The van der Waals surface area contributed by atoms with Gasteiger partial charge in [0, 0.05) is 0 Å². The quantitative estimate of drug-likeness (QED) is 0.642. The molecule has 0 radical (unpaired) electrons. The Hall–Kier alpha value is -2.25. The molecule has 2 aromatic carbocycles. The van der Waals surface area contributed by atoms with Gasteiger partial charge in [-0.25, -0.2) is 12.8 Å². The maximum atomic E-state index is 12.8. The molecule has 0 amide bonds. The monoisotopic (exact) mass is 351 g/mol. The summed E-state index contributed by atoms with van der Waals surface area (Å²) in [5, 5.41) is 0. The Bertz CT molecular complexity index is 799. The van der Waals surface area contributed by atoms with Crippen molar-refractivity contribution in [2.24, 2.45) is 0 Å². The number of nitrogens with one attached hydrogen (secondary N) is 1. The normalized spacial score (nSPS) is 11.5. The molecule has 2 aromatic rings. The average molecular weight is 351 g/mol. The zero-order valence-corrected chi connectivity index (χ0v) is 14.1. The van der Waals surface area contributed by atoms with Crippen molar-refractivity contribution >= 4 is 16.0 Å². The van der Waals surface area contributed by atoms with Crippen LogP contribution in [-0.2, 0) is 14.8 Å². The third-order valence-electron chi connectivity index (χ3n) is 3.31. The van der Waals surface area contributed by atoms with Crippen molar-refractivity contribution in [3.8, 4) is 5.75 Å². The van der Waals surface area contributed by atoms with E-state index in [0.29, 0.717) is 11.7 Å². The average Bonchev–Trinajstić information content (AvgIpc) is 2.54. The topological polar surface area (TPSA) is 72.5 Å². The molecule has 0 aliphatic rings. The van der Waals surface area contributed by atoms with E-state index in [1.54, 1.807) is 12.1 Å². The van der Waals surface area contributed by atoms with Crippen molar-refractivity contribution in [1.29, 1.82) is 0 Å². The Labute approximate surface area is 140 Å². The standard InChI is InChI=1S/C17H18FNO4S/c1-12(2)13-3-7-15(8-4-13)23-17(20)11-19-24(21,22)16-9-5-14(18)6-10-16/h3-10,12,19H,11H2,1-2H3. The molecule has 0 spiro atoms. The van der Waals surface area contributed by atoms with Gasteiger partial charge in [0.25, 0.3) is 0 Å². The van der Waals surface area contributed by atoms with Gasteiger partial charge in [0.1, 0.15) is 18.1 Å². The van der Waals surface area contributed by atoms with Crippen LogP contribution in [0.15, 0.2) is 53.4 Å². The van der Waals surface area contributed by atoms with Crippen LogP contribution in [-0.4, -0.2) is 20.9 Å². The van der Waals surface area contributed by atoms with E-state index in [0.717, 1.165) is 29.8 Å². The predicted octanol–water partition coefficient (Wildman–Crippen LogP) is 2.83. The molecule has 0 atom stereocenters. The van der Waals surface area contributed by atoms with Crippen molar-refractivity contribution in [2.75, 3.05) is 6.54 Å².